The molecule has 1 aliphatic heterocycles. The predicted molar refractivity (Wildman–Crippen MR) is 94.1 cm³/mol. The van der Waals surface area contributed by atoms with Gasteiger partial charge in [0.1, 0.15) is 23.4 Å². The normalized spacial score (nSPS) is 15.9. The van der Waals surface area contributed by atoms with Gasteiger partial charge in [0.2, 0.25) is 0 Å². The number of carbonyl (C=O) groups is 1. The Morgan fingerprint density at radius 2 is 2.08 bits per heavy atom. The minimum absolute atomic E-state index is 0.198. The molecule has 0 radical (unpaired) electrons. The van der Waals surface area contributed by atoms with Gasteiger partial charge in [0.15, 0.2) is 11.5 Å². The molecule has 1 amide bonds. The molecule has 0 fully saturated rings. The summed E-state index contributed by atoms with van der Waals surface area (Å²) in [5, 5.41) is 7.49. The Kier molecular flexibility index (Phi) is 4.18. The molecule has 3 aromatic rings. The number of thiazole rings is 1. The van der Waals surface area contributed by atoms with E-state index in [4.69, 9.17) is 9.47 Å². The second-order valence-corrected chi connectivity index (χ2v) is 7.03. The van der Waals surface area contributed by atoms with E-state index >= 15 is 0 Å². The van der Waals surface area contributed by atoms with Gasteiger partial charge in [0.05, 0.1) is 11.4 Å². The molecule has 0 saturated carbocycles. The Bertz CT molecular complexity index is 845. The van der Waals surface area contributed by atoms with E-state index < -0.39 is 0 Å². The summed E-state index contributed by atoms with van der Waals surface area (Å²) in [6.45, 7) is 0.786. The van der Waals surface area contributed by atoms with Crippen LogP contribution in [-0.2, 0) is 0 Å². The third-order valence-electron chi connectivity index (χ3n) is 3.53. The van der Waals surface area contributed by atoms with E-state index in [1.165, 1.54) is 11.3 Å². The van der Waals surface area contributed by atoms with Gasteiger partial charge in [-0.1, -0.05) is 18.2 Å². The summed E-state index contributed by atoms with van der Waals surface area (Å²) >= 11 is 3.08. The van der Waals surface area contributed by atoms with Gasteiger partial charge in [-0.2, -0.15) is 0 Å². The molecular weight excluding hydrogens is 344 g/mol. The minimum Gasteiger partial charge on any atom is -0.486 e. The molecule has 4 rings (SSSR count). The largest absolute Gasteiger partial charge is 0.486 e. The summed E-state index contributed by atoms with van der Waals surface area (Å²) in [5.74, 6) is 1.24. The van der Waals surface area contributed by atoms with E-state index in [2.05, 4.69) is 10.3 Å². The smallest absolute Gasteiger partial charge is 0.270 e. The van der Waals surface area contributed by atoms with Crippen LogP contribution in [0, 0.1) is 0 Å². The molecule has 1 aliphatic rings. The number of nitrogens with one attached hydrogen (secondary N) is 1. The van der Waals surface area contributed by atoms with Gasteiger partial charge >= 0.3 is 0 Å². The monoisotopic (exact) mass is 358 g/mol. The van der Waals surface area contributed by atoms with Crippen molar-refractivity contribution in [3.05, 3.63) is 52.9 Å². The number of thiophene rings is 1. The SMILES string of the molecule is O=C(NC[C@H]1COc2ccccc2O1)c1csc(-c2cccs2)n1. The summed E-state index contributed by atoms with van der Waals surface area (Å²) in [4.78, 5) is 17.7. The van der Waals surface area contributed by atoms with Gasteiger partial charge in [-0.3, -0.25) is 4.79 Å². The van der Waals surface area contributed by atoms with Crippen molar-refractivity contribution >= 4 is 28.6 Å². The Balaban J connectivity index is 1.36. The molecule has 1 aromatic carbocycles. The van der Waals surface area contributed by atoms with Crippen LogP contribution in [0.5, 0.6) is 11.5 Å². The zero-order valence-electron chi connectivity index (χ0n) is 12.6. The number of hydrogen-bond acceptors (Lipinski definition) is 6. The van der Waals surface area contributed by atoms with E-state index in [0.29, 0.717) is 24.6 Å². The number of amides is 1. The molecule has 0 saturated heterocycles. The maximum absolute atomic E-state index is 12.3. The highest BCUT2D eigenvalue weighted by atomic mass is 32.1. The maximum Gasteiger partial charge on any atom is 0.270 e. The van der Waals surface area contributed by atoms with Gasteiger partial charge < -0.3 is 14.8 Å². The lowest BCUT2D eigenvalue weighted by atomic mass is 10.2. The van der Waals surface area contributed by atoms with Crippen molar-refractivity contribution in [2.45, 2.75) is 6.10 Å². The third kappa shape index (κ3) is 3.13. The summed E-state index contributed by atoms with van der Waals surface area (Å²) < 4.78 is 11.5. The summed E-state index contributed by atoms with van der Waals surface area (Å²) in [6.07, 6.45) is -0.209. The number of rotatable bonds is 4. The quantitative estimate of drug-likeness (QED) is 0.776. The molecule has 24 heavy (non-hydrogen) atoms. The van der Waals surface area contributed by atoms with Crippen LogP contribution >= 0.6 is 22.7 Å². The number of aromatic nitrogens is 1. The van der Waals surface area contributed by atoms with Gasteiger partial charge in [-0.05, 0) is 23.6 Å². The fourth-order valence-corrected chi connectivity index (χ4v) is 3.97. The number of hydrogen-bond donors (Lipinski definition) is 1. The Morgan fingerprint density at radius 1 is 1.21 bits per heavy atom. The molecule has 122 valence electrons. The van der Waals surface area contributed by atoms with E-state index in [1.54, 1.807) is 16.7 Å². The molecule has 0 spiro atoms. The Morgan fingerprint density at radius 3 is 2.92 bits per heavy atom. The van der Waals surface area contributed by atoms with Crippen LogP contribution in [0.2, 0.25) is 0 Å². The first-order chi connectivity index (χ1) is 11.8. The molecule has 0 bridgehead atoms. The number of ether oxygens (including phenoxy) is 2. The second-order valence-electron chi connectivity index (χ2n) is 5.22. The van der Waals surface area contributed by atoms with Gasteiger partial charge in [-0.25, -0.2) is 4.98 Å². The molecular formula is C17H14N2O3S2. The molecule has 1 N–H and O–H groups in total. The van der Waals surface area contributed by atoms with Crippen molar-refractivity contribution in [1.29, 1.82) is 0 Å². The van der Waals surface area contributed by atoms with E-state index in [9.17, 15) is 4.79 Å². The van der Waals surface area contributed by atoms with Crippen molar-refractivity contribution < 1.29 is 14.3 Å². The van der Waals surface area contributed by atoms with E-state index in [-0.39, 0.29) is 12.0 Å². The third-order valence-corrected chi connectivity index (χ3v) is 5.41. The topological polar surface area (TPSA) is 60.5 Å². The van der Waals surface area contributed by atoms with Gasteiger partial charge in [0.25, 0.3) is 5.91 Å². The van der Waals surface area contributed by atoms with Gasteiger partial charge in [-0.15, -0.1) is 22.7 Å². The van der Waals surface area contributed by atoms with Crippen molar-refractivity contribution in [3.8, 4) is 21.4 Å². The Hall–Kier alpha value is -2.38. The fourth-order valence-electron chi connectivity index (χ4n) is 2.35. The average Bonchev–Trinajstić information content (AvgIpc) is 3.30. The van der Waals surface area contributed by atoms with Crippen LogP contribution in [0.1, 0.15) is 10.5 Å². The van der Waals surface area contributed by atoms with Gasteiger partial charge in [0, 0.05) is 5.38 Å². The number of carbonyl (C=O) groups excluding carboxylic acids is 1. The first-order valence-electron chi connectivity index (χ1n) is 7.46. The van der Waals surface area contributed by atoms with Crippen molar-refractivity contribution in [3.63, 3.8) is 0 Å². The van der Waals surface area contributed by atoms with Crippen LogP contribution in [-0.4, -0.2) is 30.1 Å². The number of para-hydroxylation sites is 2. The van der Waals surface area contributed by atoms with Crippen molar-refractivity contribution in [2.75, 3.05) is 13.2 Å². The lowest BCUT2D eigenvalue weighted by molar-refractivity contribution is 0.0787. The summed E-state index contributed by atoms with van der Waals surface area (Å²) in [5.41, 5.74) is 0.431. The molecule has 1 atom stereocenters. The van der Waals surface area contributed by atoms with E-state index in [1.807, 2.05) is 41.8 Å². The highest BCUT2D eigenvalue weighted by Gasteiger charge is 2.22. The van der Waals surface area contributed by atoms with Crippen LogP contribution in [0.15, 0.2) is 47.2 Å². The first-order valence-corrected chi connectivity index (χ1v) is 9.21. The maximum atomic E-state index is 12.3. The minimum atomic E-state index is -0.209. The first kappa shape index (κ1) is 15.2. The van der Waals surface area contributed by atoms with Crippen LogP contribution in [0.3, 0.4) is 0 Å². The Labute approximate surface area is 146 Å². The lowest BCUT2D eigenvalue weighted by Crippen LogP contribution is -2.40. The standard InChI is InChI=1S/C17H14N2O3S2/c20-16(12-10-24-17(19-12)15-6-3-7-23-15)18-8-11-9-21-13-4-1-2-5-14(13)22-11/h1-7,10-11H,8-9H2,(H,18,20)/t11-/m0/s1. The molecule has 0 aliphatic carbocycles. The molecule has 0 unspecified atom stereocenters. The van der Waals surface area contributed by atoms with E-state index in [0.717, 1.165) is 15.6 Å². The zero-order chi connectivity index (χ0) is 16.4. The summed E-state index contributed by atoms with van der Waals surface area (Å²) in [6, 6.07) is 11.5. The van der Waals surface area contributed by atoms with Crippen molar-refractivity contribution in [1.82, 2.24) is 10.3 Å². The predicted octanol–water partition coefficient (Wildman–Crippen LogP) is 3.44. The second kappa shape index (κ2) is 6.62. The molecule has 2 aromatic heterocycles. The van der Waals surface area contributed by atoms with Crippen LogP contribution in [0.4, 0.5) is 0 Å². The average molecular weight is 358 g/mol. The van der Waals surface area contributed by atoms with Crippen molar-refractivity contribution in [2.24, 2.45) is 0 Å². The highest BCUT2D eigenvalue weighted by molar-refractivity contribution is 7.20. The number of fused-ring (bicyclic) bond motifs is 1. The highest BCUT2D eigenvalue weighted by Crippen LogP contribution is 2.31. The number of benzene rings is 1. The molecule has 5 nitrogen and oxygen atoms in total. The zero-order valence-corrected chi connectivity index (χ0v) is 14.2. The summed E-state index contributed by atoms with van der Waals surface area (Å²) in [7, 11) is 0. The molecule has 7 heteroatoms. The van der Waals surface area contributed by atoms with Crippen LogP contribution in [0.25, 0.3) is 9.88 Å². The van der Waals surface area contributed by atoms with Crippen LogP contribution < -0.4 is 14.8 Å². The lowest BCUT2D eigenvalue weighted by Gasteiger charge is -2.26. The number of nitrogens with zero attached hydrogens (tertiary/aromatic N) is 1. The fraction of sp³-hybridized carbons (Fsp3) is 0.176. The molecule has 3 heterocycles.